The first-order valence-electron chi connectivity index (χ1n) is 4.64. The summed E-state index contributed by atoms with van der Waals surface area (Å²) in [5, 5.41) is 8.48. The molecule has 1 aromatic carbocycles. The zero-order chi connectivity index (χ0) is 12.0. The molecule has 0 atom stereocenters. The smallest absolute Gasteiger partial charge is 0.300 e. The Bertz CT molecular complexity index is 504. The third kappa shape index (κ3) is 3.49. The number of carboxylic acid groups (broad SMARTS) is 1. The summed E-state index contributed by atoms with van der Waals surface area (Å²) in [5.41, 5.74) is 1.34. The summed E-state index contributed by atoms with van der Waals surface area (Å²) >= 11 is 0. The first-order chi connectivity index (χ1) is 7.63. The molecule has 0 aliphatic heterocycles. The summed E-state index contributed by atoms with van der Waals surface area (Å²) in [7, 11) is 0. The van der Waals surface area contributed by atoms with Crippen LogP contribution in [0, 0.1) is 0 Å². The van der Waals surface area contributed by atoms with Crippen molar-refractivity contribution in [1.29, 1.82) is 0 Å². The summed E-state index contributed by atoms with van der Waals surface area (Å²) in [6.07, 6.45) is 0.756. The van der Waals surface area contributed by atoms with Gasteiger partial charge in [-0.2, -0.15) is 0 Å². The topological polar surface area (TPSA) is 67.3 Å². The maximum atomic E-state index is 10.4. The zero-order valence-corrected chi connectivity index (χ0v) is 8.75. The van der Waals surface area contributed by atoms with E-state index in [1.807, 2.05) is 30.3 Å². The Labute approximate surface area is 92.6 Å². The number of pyridine rings is 1. The molecule has 4 nitrogen and oxygen atoms in total. The Hall–Kier alpha value is -2.23. The van der Waals surface area contributed by atoms with E-state index < -0.39 is 5.97 Å². The minimum Gasteiger partial charge on any atom is -0.481 e. The second kappa shape index (κ2) is 5.60. The molecule has 2 rings (SSSR count). The van der Waals surface area contributed by atoms with Crippen LogP contribution in [0.5, 0.6) is 0 Å². The molecule has 16 heavy (non-hydrogen) atoms. The highest BCUT2D eigenvalue weighted by Gasteiger charge is 1.94. The number of rotatable bonds is 1. The van der Waals surface area contributed by atoms with E-state index >= 15 is 0 Å². The number of nitrogens with zero attached hydrogens (tertiary/aromatic N) is 1. The number of carbonyl (C=O) groups is 2. The average molecular weight is 217 g/mol. The molecule has 0 spiro atoms. The number of para-hydroxylation sites is 1. The molecular formula is C12H11NO3. The molecule has 0 aliphatic rings. The summed E-state index contributed by atoms with van der Waals surface area (Å²) in [6.45, 7) is 1.08. The maximum absolute atomic E-state index is 10.4. The summed E-state index contributed by atoms with van der Waals surface area (Å²) in [6, 6.07) is 11.3. The van der Waals surface area contributed by atoms with E-state index in [0.717, 1.165) is 24.1 Å². The third-order valence-corrected chi connectivity index (χ3v) is 1.74. The molecule has 0 aliphatic carbocycles. The van der Waals surface area contributed by atoms with Gasteiger partial charge in [-0.15, -0.1) is 0 Å². The van der Waals surface area contributed by atoms with Crippen LogP contribution in [0.2, 0.25) is 0 Å². The van der Waals surface area contributed by atoms with Crippen LogP contribution in [0.1, 0.15) is 17.4 Å². The highest BCUT2D eigenvalue weighted by Crippen LogP contribution is 2.10. The fraction of sp³-hybridized carbons (Fsp3) is 0.0833. The van der Waals surface area contributed by atoms with Crippen LogP contribution < -0.4 is 0 Å². The minimum absolute atomic E-state index is 0.480. The van der Waals surface area contributed by atoms with E-state index in [1.165, 1.54) is 0 Å². The van der Waals surface area contributed by atoms with Gasteiger partial charge >= 0.3 is 0 Å². The fourth-order valence-electron chi connectivity index (χ4n) is 1.15. The number of aldehydes is 1. The van der Waals surface area contributed by atoms with Crippen molar-refractivity contribution in [3.05, 3.63) is 42.1 Å². The molecule has 82 valence electrons. The molecule has 0 bridgehead atoms. The van der Waals surface area contributed by atoms with Gasteiger partial charge in [0.1, 0.15) is 5.69 Å². The SMILES string of the molecule is CC(=O)O.O=Cc1ccc2ccccc2n1. The normalized spacial score (nSPS) is 9.06. The van der Waals surface area contributed by atoms with Gasteiger partial charge in [-0.1, -0.05) is 24.3 Å². The summed E-state index contributed by atoms with van der Waals surface area (Å²) in [4.78, 5) is 23.5. The quantitative estimate of drug-likeness (QED) is 0.743. The molecule has 4 heteroatoms. The van der Waals surface area contributed by atoms with Crippen molar-refractivity contribution in [2.75, 3.05) is 0 Å². The first kappa shape index (κ1) is 11.8. The van der Waals surface area contributed by atoms with Gasteiger partial charge in [0.05, 0.1) is 5.52 Å². The Morgan fingerprint density at radius 3 is 2.50 bits per heavy atom. The lowest BCUT2D eigenvalue weighted by molar-refractivity contribution is -0.134. The van der Waals surface area contributed by atoms with E-state index in [2.05, 4.69) is 4.98 Å². The van der Waals surface area contributed by atoms with Crippen LogP contribution in [0.15, 0.2) is 36.4 Å². The number of hydrogen-bond donors (Lipinski definition) is 1. The van der Waals surface area contributed by atoms with Gasteiger partial charge in [0.25, 0.3) is 5.97 Å². The average Bonchev–Trinajstić information content (AvgIpc) is 2.27. The molecule has 0 amide bonds. The second-order valence-corrected chi connectivity index (χ2v) is 3.07. The second-order valence-electron chi connectivity index (χ2n) is 3.07. The summed E-state index contributed by atoms with van der Waals surface area (Å²) < 4.78 is 0. The Balaban J connectivity index is 0.000000280. The number of carboxylic acids is 1. The van der Waals surface area contributed by atoms with Gasteiger partial charge in [-0.3, -0.25) is 9.59 Å². The molecule has 1 aromatic heterocycles. The van der Waals surface area contributed by atoms with E-state index in [-0.39, 0.29) is 0 Å². The predicted octanol–water partition coefficient (Wildman–Crippen LogP) is 2.14. The molecule has 0 radical (unpaired) electrons. The molecule has 2 aromatic rings. The van der Waals surface area contributed by atoms with Crippen molar-refractivity contribution in [1.82, 2.24) is 4.98 Å². The standard InChI is InChI=1S/C10H7NO.C2H4O2/c12-7-9-6-5-8-3-1-2-4-10(8)11-9;1-2(3)4/h1-7H;1H3,(H,3,4). The number of fused-ring (bicyclic) bond motifs is 1. The number of hydrogen-bond acceptors (Lipinski definition) is 3. The molecule has 0 fully saturated rings. The molecule has 0 saturated carbocycles. The fourth-order valence-corrected chi connectivity index (χ4v) is 1.15. The number of benzene rings is 1. The molecule has 0 unspecified atom stereocenters. The highest BCUT2D eigenvalue weighted by atomic mass is 16.4. The van der Waals surface area contributed by atoms with Crippen LogP contribution in [0.3, 0.4) is 0 Å². The van der Waals surface area contributed by atoms with Gasteiger partial charge in [0.2, 0.25) is 0 Å². The highest BCUT2D eigenvalue weighted by molar-refractivity contribution is 5.83. The Morgan fingerprint density at radius 2 is 1.88 bits per heavy atom. The lowest BCUT2D eigenvalue weighted by Crippen LogP contribution is -1.85. The number of carbonyl (C=O) groups excluding carboxylic acids is 1. The van der Waals surface area contributed by atoms with Crippen molar-refractivity contribution in [3.8, 4) is 0 Å². The Kier molecular flexibility index (Phi) is 4.15. The largest absolute Gasteiger partial charge is 0.481 e. The van der Waals surface area contributed by atoms with Gasteiger partial charge in [-0.05, 0) is 12.1 Å². The van der Waals surface area contributed by atoms with Gasteiger partial charge in [-0.25, -0.2) is 4.98 Å². The number of aromatic nitrogens is 1. The lowest BCUT2D eigenvalue weighted by atomic mass is 10.2. The van der Waals surface area contributed by atoms with Crippen LogP contribution in [-0.2, 0) is 4.79 Å². The lowest BCUT2D eigenvalue weighted by Gasteiger charge is -1.95. The van der Waals surface area contributed by atoms with Gasteiger partial charge in [0.15, 0.2) is 6.29 Å². The Morgan fingerprint density at radius 1 is 1.25 bits per heavy atom. The van der Waals surface area contributed by atoms with Crippen molar-refractivity contribution in [2.24, 2.45) is 0 Å². The van der Waals surface area contributed by atoms with Crippen LogP contribution in [0.25, 0.3) is 10.9 Å². The first-order valence-corrected chi connectivity index (χ1v) is 4.64. The zero-order valence-electron chi connectivity index (χ0n) is 8.75. The minimum atomic E-state index is -0.833. The molecule has 1 N–H and O–H groups in total. The van der Waals surface area contributed by atoms with Crippen LogP contribution in [-0.4, -0.2) is 22.3 Å². The van der Waals surface area contributed by atoms with Gasteiger partial charge < -0.3 is 5.11 Å². The van der Waals surface area contributed by atoms with E-state index in [1.54, 1.807) is 6.07 Å². The predicted molar refractivity (Wildman–Crippen MR) is 60.4 cm³/mol. The summed E-state index contributed by atoms with van der Waals surface area (Å²) in [5.74, 6) is -0.833. The van der Waals surface area contributed by atoms with Crippen molar-refractivity contribution in [2.45, 2.75) is 6.92 Å². The van der Waals surface area contributed by atoms with E-state index in [4.69, 9.17) is 9.90 Å². The number of aliphatic carboxylic acids is 1. The molecular weight excluding hydrogens is 206 g/mol. The van der Waals surface area contributed by atoms with Crippen molar-refractivity contribution in [3.63, 3.8) is 0 Å². The third-order valence-electron chi connectivity index (χ3n) is 1.74. The van der Waals surface area contributed by atoms with Crippen LogP contribution >= 0.6 is 0 Å². The maximum Gasteiger partial charge on any atom is 0.300 e. The van der Waals surface area contributed by atoms with Crippen molar-refractivity contribution < 1.29 is 14.7 Å². The monoisotopic (exact) mass is 217 g/mol. The molecule has 1 heterocycles. The van der Waals surface area contributed by atoms with E-state index in [0.29, 0.717) is 5.69 Å². The van der Waals surface area contributed by atoms with Crippen LogP contribution in [0.4, 0.5) is 0 Å². The van der Waals surface area contributed by atoms with E-state index in [9.17, 15) is 4.79 Å². The van der Waals surface area contributed by atoms with Crippen molar-refractivity contribution >= 4 is 23.2 Å². The van der Waals surface area contributed by atoms with Gasteiger partial charge in [0, 0.05) is 12.3 Å². The molecule has 0 saturated heterocycles.